The molecule has 0 bridgehead atoms. The van der Waals surface area contributed by atoms with Crippen molar-refractivity contribution < 1.29 is 29.9 Å². The van der Waals surface area contributed by atoms with Gasteiger partial charge in [0.05, 0.1) is 13.2 Å². The van der Waals surface area contributed by atoms with Crippen molar-refractivity contribution in [3.8, 4) is 0 Å². The molecular formula is C8H16O6. The van der Waals surface area contributed by atoms with Crippen LogP contribution in [0.4, 0.5) is 0 Å². The monoisotopic (exact) mass is 208 g/mol. The van der Waals surface area contributed by atoms with Crippen molar-refractivity contribution in [1.82, 2.24) is 0 Å². The summed E-state index contributed by atoms with van der Waals surface area (Å²) in [7, 11) is 0. The van der Waals surface area contributed by atoms with E-state index in [1.54, 1.807) is 6.92 Å². The lowest BCUT2D eigenvalue weighted by molar-refractivity contribution is -0.311. The van der Waals surface area contributed by atoms with Gasteiger partial charge in [0, 0.05) is 0 Å². The third-order valence-electron chi connectivity index (χ3n) is 1.95. The summed E-state index contributed by atoms with van der Waals surface area (Å²) in [6, 6.07) is 0. The van der Waals surface area contributed by atoms with Gasteiger partial charge in [-0.05, 0) is 6.42 Å². The first-order valence-corrected chi connectivity index (χ1v) is 4.33. The summed E-state index contributed by atoms with van der Waals surface area (Å²) < 4.78 is 0. The van der Waals surface area contributed by atoms with Gasteiger partial charge >= 0.3 is 5.97 Å². The van der Waals surface area contributed by atoms with Crippen LogP contribution in [-0.2, 0) is 14.6 Å². The number of rotatable bonds is 7. The molecule has 0 aliphatic carbocycles. The fraction of sp³-hybridized carbons (Fsp3) is 0.875. The molecule has 0 aliphatic rings. The Morgan fingerprint density at radius 2 is 1.86 bits per heavy atom. The number of hydrogen-bond donors (Lipinski definition) is 3. The van der Waals surface area contributed by atoms with E-state index in [0.717, 1.165) is 0 Å². The van der Waals surface area contributed by atoms with Crippen LogP contribution in [0.25, 0.3) is 0 Å². The molecule has 0 aromatic heterocycles. The Kier molecular flexibility index (Phi) is 6.39. The Bertz CT molecular complexity index is 165. The highest BCUT2D eigenvalue weighted by atomic mass is 17.2. The highest BCUT2D eigenvalue weighted by Crippen LogP contribution is 2.24. The predicted octanol–water partition coefficient (Wildman–Crippen LogP) is -0.818. The number of aliphatic hydroxyl groups is 3. The molecule has 0 unspecified atom stereocenters. The van der Waals surface area contributed by atoms with Gasteiger partial charge in [-0.2, -0.15) is 4.89 Å². The molecule has 0 saturated heterocycles. The van der Waals surface area contributed by atoms with Crippen molar-refractivity contribution >= 4 is 5.97 Å². The Labute approximate surface area is 82.0 Å². The fourth-order valence-electron chi connectivity index (χ4n) is 1.09. The average molecular weight is 208 g/mol. The average Bonchev–Trinajstić information content (AvgIpc) is 2.22. The second-order valence-corrected chi connectivity index (χ2v) is 2.96. The first-order chi connectivity index (χ1) is 6.66. The van der Waals surface area contributed by atoms with Crippen LogP contribution >= 0.6 is 0 Å². The lowest BCUT2D eigenvalue weighted by Gasteiger charge is -2.25. The minimum Gasteiger partial charge on any atom is -0.395 e. The topological polar surface area (TPSA) is 96.2 Å². The summed E-state index contributed by atoms with van der Waals surface area (Å²) >= 11 is 0. The first-order valence-electron chi connectivity index (χ1n) is 4.33. The minimum atomic E-state index is -1.34. The highest BCUT2D eigenvalue weighted by molar-refractivity contribution is 5.76. The molecule has 0 aliphatic heterocycles. The predicted molar refractivity (Wildman–Crippen MR) is 45.8 cm³/mol. The molecule has 6 heteroatoms. The molecule has 3 N–H and O–H groups in total. The Hall–Kier alpha value is -0.690. The summed E-state index contributed by atoms with van der Waals surface area (Å²) in [5.41, 5.74) is -1.34. The van der Waals surface area contributed by atoms with E-state index in [4.69, 9.17) is 15.3 Å². The molecule has 6 nitrogen and oxygen atoms in total. The fourth-order valence-corrected chi connectivity index (χ4v) is 1.09. The maximum Gasteiger partial charge on any atom is 0.353 e. The van der Waals surface area contributed by atoms with Crippen LogP contribution in [0.5, 0.6) is 0 Å². The third-order valence-corrected chi connectivity index (χ3v) is 1.95. The van der Waals surface area contributed by atoms with Crippen LogP contribution in [0.3, 0.4) is 0 Å². The molecule has 14 heavy (non-hydrogen) atoms. The van der Waals surface area contributed by atoms with Crippen LogP contribution in [-0.4, -0.2) is 41.3 Å². The lowest BCUT2D eigenvalue weighted by Crippen LogP contribution is -2.40. The SMILES string of the molecule is CCCC(CO)(CO)C(=O)OOCO. The van der Waals surface area contributed by atoms with Gasteiger partial charge in [0.25, 0.3) is 0 Å². The van der Waals surface area contributed by atoms with Crippen LogP contribution in [0.15, 0.2) is 0 Å². The van der Waals surface area contributed by atoms with Crippen molar-refractivity contribution in [2.24, 2.45) is 5.41 Å². The van der Waals surface area contributed by atoms with Crippen LogP contribution in [0, 0.1) is 5.41 Å². The lowest BCUT2D eigenvalue weighted by atomic mass is 9.85. The van der Waals surface area contributed by atoms with Gasteiger partial charge in [-0.15, -0.1) is 0 Å². The molecule has 0 amide bonds. The zero-order valence-electron chi connectivity index (χ0n) is 8.10. The molecule has 0 spiro atoms. The summed E-state index contributed by atoms with van der Waals surface area (Å²) in [5.74, 6) is -0.876. The zero-order valence-corrected chi connectivity index (χ0v) is 8.10. The largest absolute Gasteiger partial charge is 0.395 e. The maximum absolute atomic E-state index is 11.3. The van der Waals surface area contributed by atoms with Crippen molar-refractivity contribution in [1.29, 1.82) is 0 Å². The Morgan fingerprint density at radius 3 is 2.21 bits per heavy atom. The van der Waals surface area contributed by atoms with Gasteiger partial charge in [0.2, 0.25) is 0 Å². The quantitative estimate of drug-likeness (QED) is 0.287. The molecule has 0 aromatic carbocycles. The van der Waals surface area contributed by atoms with E-state index in [9.17, 15) is 4.79 Å². The highest BCUT2D eigenvalue weighted by Gasteiger charge is 2.39. The molecule has 0 radical (unpaired) electrons. The molecule has 0 atom stereocenters. The summed E-state index contributed by atoms with van der Waals surface area (Å²) in [4.78, 5) is 19.5. The molecule has 84 valence electrons. The Morgan fingerprint density at radius 1 is 1.29 bits per heavy atom. The second kappa shape index (κ2) is 6.72. The van der Waals surface area contributed by atoms with E-state index >= 15 is 0 Å². The number of carbonyl (C=O) groups excluding carboxylic acids is 1. The van der Waals surface area contributed by atoms with E-state index in [-0.39, 0.29) is 6.42 Å². The zero-order chi connectivity index (χ0) is 11.0. The first kappa shape index (κ1) is 13.3. The van der Waals surface area contributed by atoms with Crippen molar-refractivity contribution in [2.75, 3.05) is 20.0 Å². The number of carbonyl (C=O) groups is 1. The minimum absolute atomic E-state index is 0.285. The summed E-state index contributed by atoms with van der Waals surface area (Å²) in [6.45, 7) is 0.000968. The maximum atomic E-state index is 11.3. The van der Waals surface area contributed by atoms with E-state index < -0.39 is 31.4 Å². The van der Waals surface area contributed by atoms with Crippen LogP contribution in [0.1, 0.15) is 19.8 Å². The van der Waals surface area contributed by atoms with E-state index in [1.165, 1.54) is 0 Å². The van der Waals surface area contributed by atoms with Gasteiger partial charge in [0.1, 0.15) is 5.41 Å². The van der Waals surface area contributed by atoms with Crippen LogP contribution < -0.4 is 0 Å². The third kappa shape index (κ3) is 3.22. The number of hydrogen-bond acceptors (Lipinski definition) is 6. The molecule has 0 heterocycles. The second-order valence-electron chi connectivity index (χ2n) is 2.96. The van der Waals surface area contributed by atoms with Gasteiger partial charge < -0.3 is 15.3 Å². The van der Waals surface area contributed by atoms with E-state index in [1.807, 2.05) is 0 Å². The standard InChI is InChI=1S/C8H16O6/c1-2-3-8(4-9,5-10)7(12)14-13-6-11/h9-11H,2-6H2,1H3. The van der Waals surface area contributed by atoms with E-state index in [0.29, 0.717) is 6.42 Å². The van der Waals surface area contributed by atoms with Crippen LogP contribution in [0.2, 0.25) is 0 Å². The molecule has 0 aromatic rings. The number of aliphatic hydroxyl groups excluding tert-OH is 3. The van der Waals surface area contributed by atoms with Gasteiger partial charge in [-0.25, -0.2) is 4.79 Å². The van der Waals surface area contributed by atoms with Gasteiger partial charge in [-0.1, -0.05) is 13.3 Å². The van der Waals surface area contributed by atoms with E-state index in [2.05, 4.69) is 9.78 Å². The molecule has 0 saturated carbocycles. The molecular weight excluding hydrogens is 192 g/mol. The molecule has 0 fully saturated rings. The Balaban J connectivity index is 4.37. The normalized spacial score (nSPS) is 11.4. The van der Waals surface area contributed by atoms with Gasteiger partial charge in [-0.3, -0.25) is 4.89 Å². The van der Waals surface area contributed by atoms with Crippen molar-refractivity contribution in [3.05, 3.63) is 0 Å². The van der Waals surface area contributed by atoms with Gasteiger partial charge in [0.15, 0.2) is 6.79 Å². The van der Waals surface area contributed by atoms with Crippen molar-refractivity contribution in [3.63, 3.8) is 0 Å². The summed E-state index contributed by atoms with van der Waals surface area (Å²) in [5, 5.41) is 26.2. The van der Waals surface area contributed by atoms with Crippen molar-refractivity contribution in [2.45, 2.75) is 19.8 Å². The molecule has 0 rings (SSSR count). The summed E-state index contributed by atoms with van der Waals surface area (Å²) in [6.07, 6.45) is 0.892. The smallest absolute Gasteiger partial charge is 0.353 e.